The van der Waals surface area contributed by atoms with Crippen LogP contribution in [0.25, 0.3) is 10.4 Å². The van der Waals surface area contributed by atoms with Crippen LogP contribution in [0.3, 0.4) is 0 Å². The van der Waals surface area contributed by atoms with Crippen molar-refractivity contribution in [3.8, 4) is 10.4 Å². The third-order valence-electron chi connectivity index (χ3n) is 7.70. The molecule has 36 heavy (non-hydrogen) atoms. The number of carbonyl (C=O) groups is 3. The quantitative estimate of drug-likeness (QED) is 0.556. The van der Waals surface area contributed by atoms with Crippen LogP contribution in [0.1, 0.15) is 52.9 Å². The second-order valence-electron chi connectivity index (χ2n) is 9.92. The van der Waals surface area contributed by atoms with E-state index < -0.39 is 11.6 Å². The number of aromatic nitrogens is 1. The third kappa shape index (κ3) is 3.80. The topological polar surface area (TPSA) is 82.6 Å². The van der Waals surface area contributed by atoms with Crippen LogP contribution in [-0.2, 0) is 22.7 Å². The summed E-state index contributed by atoms with van der Waals surface area (Å²) in [6, 6.07) is 15.2. The lowest BCUT2D eigenvalue weighted by Gasteiger charge is -2.33. The molecule has 0 bridgehead atoms. The van der Waals surface area contributed by atoms with Gasteiger partial charge in [-0.05, 0) is 55.4 Å². The van der Waals surface area contributed by atoms with Crippen molar-refractivity contribution in [2.24, 2.45) is 0 Å². The molecular weight excluding hydrogens is 472 g/mol. The molecule has 0 unspecified atom stereocenters. The summed E-state index contributed by atoms with van der Waals surface area (Å²) < 4.78 is 0. The zero-order valence-corrected chi connectivity index (χ0v) is 21.0. The fraction of sp³-hybridized carbons (Fsp3) is 0.357. The number of aryl methyl sites for hydroxylation is 1. The van der Waals surface area contributed by atoms with Crippen LogP contribution in [0.5, 0.6) is 0 Å². The number of hydrogen-bond donors (Lipinski definition) is 1. The fourth-order valence-electron chi connectivity index (χ4n) is 5.53. The van der Waals surface area contributed by atoms with Gasteiger partial charge in [0.25, 0.3) is 5.91 Å². The number of rotatable bonds is 6. The van der Waals surface area contributed by atoms with Crippen LogP contribution < -0.4 is 5.32 Å². The number of carbonyl (C=O) groups excluding carboxylic acids is 3. The molecule has 3 heterocycles. The van der Waals surface area contributed by atoms with Gasteiger partial charge in [0.05, 0.1) is 16.1 Å². The van der Waals surface area contributed by atoms with E-state index in [2.05, 4.69) is 22.4 Å². The molecule has 3 aromatic rings. The molecule has 1 aromatic heterocycles. The molecule has 3 aliphatic rings. The van der Waals surface area contributed by atoms with Gasteiger partial charge in [-0.2, -0.15) is 0 Å². The summed E-state index contributed by atoms with van der Waals surface area (Å²) in [5.41, 5.74) is 5.83. The molecule has 1 N–H and O–H groups in total. The number of thiazole rings is 1. The fourth-order valence-corrected chi connectivity index (χ4v) is 6.34. The minimum atomic E-state index is -0.802. The highest BCUT2D eigenvalue weighted by Crippen LogP contribution is 2.48. The van der Waals surface area contributed by atoms with E-state index in [0.29, 0.717) is 44.5 Å². The lowest BCUT2D eigenvalue weighted by molar-refractivity contribution is -0.143. The Kier molecular flexibility index (Phi) is 5.63. The number of nitrogens with zero attached hydrogens (tertiary/aromatic N) is 3. The molecule has 8 heteroatoms. The second kappa shape index (κ2) is 8.85. The molecule has 2 aliphatic heterocycles. The third-order valence-corrected chi connectivity index (χ3v) is 8.68. The Labute approximate surface area is 214 Å². The molecule has 1 saturated carbocycles. The van der Waals surface area contributed by atoms with Gasteiger partial charge >= 0.3 is 0 Å². The first-order chi connectivity index (χ1) is 17.5. The molecule has 0 radical (unpaired) electrons. The van der Waals surface area contributed by atoms with Crippen LogP contribution >= 0.6 is 11.3 Å². The van der Waals surface area contributed by atoms with Crippen LogP contribution in [0.4, 0.5) is 0 Å². The van der Waals surface area contributed by atoms with Crippen LogP contribution in [-0.4, -0.2) is 50.6 Å². The molecule has 3 amide bonds. The summed E-state index contributed by atoms with van der Waals surface area (Å²) in [6.07, 6.45) is 2.74. The highest BCUT2D eigenvalue weighted by molar-refractivity contribution is 7.13. The number of hydrogen-bond acceptors (Lipinski definition) is 5. The number of nitrogens with one attached hydrogen (secondary N) is 1. The van der Waals surface area contributed by atoms with E-state index in [0.717, 1.165) is 33.7 Å². The molecule has 0 spiro atoms. The van der Waals surface area contributed by atoms with Gasteiger partial charge in [-0.15, -0.1) is 11.3 Å². The van der Waals surface area contributed by atoms with Crippen molar-refractivity contribution in [1.82, 2.24) is 20.1 Å². The summed E-state index contributed by atoms with van der Waals surface area (Å²) in [6.45, 7) is 3.42. The van der Waals surface area contributed by atoms with Gasteiger partial charge in [-0.3, -0.25) is 14.4 Å². The van der Waals surface area contributed by atoms with E-state index >= 15 is 0 Å². The maximum absolute atomic E-state index is 13.7. The largest absolute Gasteiger partial charge is 0.350 e. The summed E-state index contributed by atoms with van der Waals surface area (Å²) in [4.78, 5) is 48.9. The smallest absolute Gasteiger partial charge is 0.255 e. The molecule has 1 saturated heterocycles. The van der Waals surface area contributed by atoms with E-state index in [9.17, 15) is 14.4 Å². The predicted octanol–water partition coefficient (Wildman–Crippen LogP) is 3.91. The van der Waals surface area contributed by atoms with Crippen LogP contribution in [0.15, 0.2) is 54.0 Å². The first-order valence-electron chi connectivity index (χ1n) is 12.5. The lowest BCUT2D eigenvalue weighted by Crippen LogP contribution is -2.55. The van der Waals surface area contributed by atoms with Gasteiger partial charge in [0.15, 0.2) is 0 Å². The lowest BCUT2D eigenvalue weighted by atomic mass is 10.1. The Bertz CT molecular complexity index is 1340. The number of fused-ring (bicyclic) bond motifs is 1. The van der Waals surface area contributed by atoms with Crippen LogP contribution in [0.2, 0.25) is 0 Å². The average molecular weight is 501 g/mol. The Morgan fingerprint density at radius 3 is 2.61 bits per heavy atom. The van der Waals surface area contributed by atoms with Gasteiger partial charge in [-0.25, -0.2) is 4.98 Å². The van der Waals surface area contributed by atoms with E-state index in [1.807, 2.05) is 48.8 Å². The molecule has 184 valence electrons. The van der Waals surface area contributed by atoms with E-state index in [4.69, 9.17) is 0 Å². The summed E-state index contributed by atoms with van der Waals surface area (Å²) in [7, 11) is 0. The molecule has 1 aliphatic carbocycles. The van der Waals surface area contributed by atoms with Crippen molar-refractivity contribution in [3.63, 3.8) is 0 Å². The first kappa shape index (κ1) is 22.9. The van der Waals surface area contributed by atoms with Gasteiger partial charge < -0.3 is 15.1 Å². The molecule has 2 fully saturated rings. The zero-order chi connectivity index (χ0) is 24.9. The molecule has 2 aromatic carbocycles. The Morgan fingerprint density at radius 1 is 1.14 bits per heavy atom. The SMILES string of the molecule is Cc1ncsc1-c1ccc(CNC(=O)[C@@H]2CCCN2C(=O)C2(N3Cc4ccccc4C3=O)CC2)cc1. The van der Waals surface area contributed by atoms with Crippen molar-refractivity contribution >= 4 is 29.1 Å². The van der Waals surface area contributed by atoms with Crippen molar-refractivity contribution in [2.45, 2.75) is 57.3 Å². The molecule has 1 atom stereocenters. The second-order valence-corrected chi connectivity index (χ2v) is 10.8. The highest BCUT2D eigenvalue weighted by atomic mass is 32.1. The van der Waals surface area contributed by atoms with Crippen LogP contribution in [0, 0.1) is 6.92 Å². The predicted molar refractivity (Wildman–Crippen MR) is 137 cm³/mol. The molecule has 7 nitrogen and oxygen atoms in total. The first-order valence-corrected chi connectivity index (χ1v) is 13.3. The monoisotopic (exact) mass is 500 g/mol. The maximum atomic E-state index is 13.7. The van der Waals surface area contributed by atoms with E-state index in [1.54, 1.807) is 21.1 Å². The standard InChI is InChI=1S/C28H28N4O3S/c1-18-24(36-17-30-18)20-10-8-19(9-11-20)15-29-25(33)23-7-4-14-31(23)27(35)28(12-13-28)32-16-21-5-2-3-6-22(21)26(32)34/h2-3,5-6,8-11,17,23H,4,7,12-16H2,1H3,(H,29,33)/t23-/m0/s1. The van der Waals surface area contributed by atoms with Crippen molar-refractivity contribution in [1.29, 1.82) is 0 Å². The van der Waals surface area contributed by atoms with Gasteiger partial charge in [-0.1, -0.05) is 42.5 Å². The molecule has 6 rings (SSSR count). The Hall–Kier alpha value is -3.52. The normalized spacial score (nSPS) is 19.9. The molecular formula is C28H28N4O3S. The van der Waals surface area contributed by atoms with Gasteiger partial charge in [0.1, 0.15) is 11.6 Å². The average Bonchev–Trinajstić information content (AvgIpc) is 3.20. The van der Waals surface area contributed by atoms with Crippen molar-refractivity contribution in [2.75, 3.05) is 6.54 Å². The van der Waals surface area contributed by atoms with Crippen molar-refractivity contribution < 1.29 is 14.4 Å². The van der Waals surface area contributed by atoms with Gasteiger partial charge in [0.2, 0.25) is 11.8 Å². The number of amides is 3. The Balaban J connectivity index is 1.11. The summed E-state index contributed by atoms with van der Waals surface area (Å²) in [5, 5.41) is 3.03. The summed E-state index contributed by atoms with van der Waals surface area (Å²) in [5.74, 6) is -0.283. The van der Waals surface area contributed by atoms with Crippen molar-refractivity contribution in [3.05, 3.63) is 76.4 Å². The Morgan fingerprint density at radius 2 is 1.92 bits per heavy atom. The minimum absolute atomic E-state index is 0.0754. The summed E-state index contributed by atoms with van der Waals surface area (Å²) >= 11 is 1.62. The number of benzene rings is 2. The van der Waals surface area contributed by atoms with E-state index in [1.165, 1.54) is 0 Å². The van der Waals surface area contributed by atoms with E-state index in [-0.39, 0.29) is 17.7 Å². The maximum Gasteiger partial charge on any atom is 0.255 e. The highest BCUT2D eigenvalue weighted by Gasteiger charge is 2.60. The van der Waals surface area contributed by atoms with Gasteiger partial charge in [0, 0.05) is 25.2 Å². The number of likely N-dealkylation sites (tertiary alicyclic amines) is 1. The minimum Gasteiger partial charge on any atom is -0.350 e. The zero-order valence-electron chi connectivity index (χ0n) is 20.2.